The van der Waals surface area contributed by atoms with Gasteiger partial charge < -0.3 is 15.3 Å². The summed E-state index contributed by atoms with van der Waals surface area (Å²) in [6, 6.07) is 6.90. The third-order valence-electron chi connectivity index (χ3n) is 6.67. The first-order chi connectivity index (χ1) is 15.9. The number of nitrogens with zero attached hydrogens (tertiary/aromatic N) is 7. The fourth-order valence-electron chi connectivity index (χ4n) is 4.87. The molecule has 0 aliphatic carbocycles. The molecular formula is C22H23FN8OS. The first kappa shape index (κ1) is 21.6. The number of nitrogens with one attached hydrogen (secondary N) is 1. The number of aromatic nitrogens is 5. The number of rotatable bonds is 4. The molecule has 11 heteroatoms. The van der Waals surface area contributed by atoms with Crippen LogP contribution in [0.4, 0.5) is 10.2 Å². The van der Waals surface area contributed by atoms with E-state index in [0.29, 0.717) is 34.4 Å². The molecule has 170 valence electrons. The van der Waals surface area contributed by atoms with E-state index in [0.717, 1.165) is 30.6 Å². The summed E-state index contributed by atoms with van der Waals surface area (Å²) in [5.74, 6) is 0.716. The van der Waals surface area contributed by atoms with E-state index in [9.17, 15) is 5.11 Å². The Balaban J connectivity index is 1.36. The number of piperidine rings is 2. The van der Waals surface area contributed by atoms with Crippen molar-refractivity contribution in [2.24, 2.45) is 0 Å². The van der Waals surface area contributed by atoms with Gasteiger partial charge in [-0.15, -0.1) is 20.4 Å². The Bertz CT molecular complexity index is 1210. The molecule has 0 amide bonds. The molecule has 2 aliphatic rings. The summed E-state index contributed by atoms with van der Waals surface area (Å²) in [5.41, 5.74) is 0.534. The molecule has 1 aromatic carbocycles. The zero-order chi connectivity index (χ0) is 23.2. The maximum atomic E-state index is 15.4. The van der Waals surface area contributed by atoms with Crippen molar-refractivity contribution in [1.29, 1.82) is 5.26 Å². The predicted octanol–water partition coefficient (Wildman–Crippen LogP) is 3.08. The molecule has 2 fully saturated rings. The highest BCUT2D eigenvalue weighted by Gasteiger charge is 2.49. The second-order valence-corrected chi connectivity index (χ2v) is 9.84. The molecule has 0 unspecified atom stereocenters. The van der Waals surface area contributed by atoms with E-state index >= 15 is 4.39 Å². The van der Waals surface area contributed by atoms with Crippen LogP contribution < -0.4 is 10.2 Å². The van der Waals surface area contributed by atoms with Gasteiger partial charge in [-0.3, -0.25) is 0 Å². The van der Waals surface area contributed by atoms with Crippen LogP contribution in [0.15, 0.2) is 24.4 Å². The number of fused-ring (bicyclic) bond motifs is 2. The third kappa shape index (κ3) is 3.89. The first-order valence-corrected chi connectivity index (χ1v) is 11.6. The zero-order valence-electron chi connectivity index (χ0n) is 18.2. The lowest BCUT2D eigenvalue weighted by Gasteiger charge is -2.52. The van der Waals surface area contributed by atoms with Crippen molar-refractivity contribution < 1.29 is 9.50 Å². The number of aromatic hydroxyl groups is 1. The quantitative estimate of drug-likeness (QED) is 0.597. The Morgan fingerprint density at radius 1 is 1.30 bits per heavy atom. The van der Waals surface area contributed by atoms with E-state index in [2.05, 4.69) is 30.7 Å². The van der Waals surface area contributed by atoms with E-state index in [1.54, 1.807) is 18.3 Å². The van der Waals surface area contributed by atoms with E-state index in [-0.39, 0.29) is 22.6 Å². The molecule has 3 aromatic rings. The lowest BCUT2D eigenvalue weighted by Crippen LogP contribution is -2.68. The largest absolute Gasteiger partial charge is 0.507 e. The van der Waals surface area contributed by atoms with Crippen molar-refractivity contribution in [3.05, 3.63) is 29.4 Å². The second-order valence-electron chi connectivity index (χ2n) is 8.86. The molecule has 0 radical (unpaired) electrons. The van der Waals surface area contributed by atoms with Gasteiger partial charge in [0.05, 0.1) is 17.8 Å². The normalized spacial score (nSPS) is 26.5. The fraction of sp³-hybridized carbons (Fsp3) is 0.455. The maximum absolute atomic E-state index is 15.4. The SMILES string of the molecule is CN(c1cnc(-c2ccc(-c3nnc(C#N)s3)cc2O)nn1)[C@H]1C[C@H]2CCC[C@@](C)(N2)[C@H]1F. The highest BCUT2D eigenvalue weighted by Crippen LogP contribution is 2.38. The molecule has 2 aromatic heterocycles. The molecule has 33 heavy (non-hydrogen) atoms. The summed E-state index contributed by atoms with van der Waals surface area (Å²) in [5, 5.41) is 39.9. The Labute approximate surface area is 194 Å². The molecule has 5 rings (SSSR count). The summed E-state index contributed by atoms with van der Waals surface area (Å²) in [6.07, 6.45) is 4.16. The Morgan fingerprint density at radius 2 is 2.15 bits per heavy atom. The van der Waals surface area contributed by atoms with Gasteiger partial charge in [0.15, 0.2) is 11.6 Å². The van der Waals surface area contributed by atoms with Crippen molar-refractivity contribution in [3.63, 3.8) is 0 Å². The third-order valence-corrected chi connectivity index (χ3v) is 7.55. The number of phenolic OH excluding ortho intramolecular Hbond substituents is 1. The second kappa shape index (κ2) is 8.28. The molecule has 2 bridgehead atoms. The number of halogens is 1. The van der Waals surface area contributed by atoms with Gasteiger partial charge in [-0.2, -0.15) is 5.26 Å². The number of hydrogen-bond donors (Lipinski definition) is 2. The molecule has 9 nitrogen and oxygen atoms in total. The average molecular weight is 467 g/mol. The van der Waals surface area contributed by atoms with Gasteiger partial charge in [0, 0.05) is 24.2 Å². The molecule has 0 spiro atoms. The molecule has 0 saturated carbocycles. The van der Waals surface area contributed by atoms with E-state index in [1.165, 1.54) is 6.07 Å². The molecule has 2 N–H and O–H groups in total. The van der Waals surface area contributed by atoms with Crippen LogP contribution in [0.1, 0.15) is 37.6 Å². The van der Waals surface area contributed by atoms with Gasteiger partial charge in [0.2, 0.25) is 5.01 Å². The number of alkyl halides is 1. The van der Waals surface area contributed by atoms with Gasteiger partial charge in [-0.25, -0.2) is 9.37 Å². The summed E-state index contributed by atoms with van der Waals surface area (Å²) in [7, 11) is 1.83. The van der Waals surface area contributed by atoms with Crippen LogP contribution >= 0.6 is 11.3 Å². The van der Waals surface area contributed by atoms with Gasteiger partial charge in [0.25, 0.3) is 0 Å². The van der Waals surface area contributed by atoms with E-state index in [1.807, 2.05) is 24.9 Å². The molecule has 2 aliphatic heterocycles. The smallest absolute Gasteiger partial charge is 0.218 e. The zero-order valence-corrected chi connectivity index (χ0v) is 19.1. The van der Waals surface area contributed by atoms with Crippen LogP contribution in [-0.4, -0.2) is 61.3 Å². The summed E-state index contributed by atoms with van der Waals surface area (Å²) < 4.78 is 15.4. The topological polar surface area (TPSA) is 124 Å². The van der Waals surface area contributed by atoms with Gasteiger partial charge in [-0.1, -0.05) is 17.4 Å². The minimum Gasteiger partial charge on any atom is -0.507 e. The maximum Gasteiger partial charge on any atom is 0.218 e. The standard InChI is InChI=1S/C22H23FN8OS/c1-22-7-3-4-13(26-22)9-15(19(22)23)31(2)17-11-25-20(29-27-17)14-6-5-12(8-16(14)32)21-30-28-18(10-24)33-21/h5-6,8,11,13,15,19,26,32H,3-4,7,9H2,1-2H3/t13-,15+,19+,22-/m1/s1. The number of nitriles is 1. The van der Waals surface area contributed by atoms with E-state index < -0.39 is 11.7 Å². The van der Waals surface area contributed by atoms with Crippen LogP contribution in [-0.2, 0) is 0 Å². The van der Waals surface area contributed by atoms with E-state index in [4.69, 9.17) is 5.26 Å². The number of anilines is 1. The van der Waals surface area contributed by atoms with Crippen LogP contribution in [0.5, 0.6) is 5.75 Å². The minimum atomic E-state index is -1.03. The number of hydrogen-bond acceptors (Lipinski definition) is 10. The Kier molecular flexibility index (Phi) is 5.42. The molecule has 4 heterocycles. The Morgan fingerprint density at radius 3 is 2.85 bits per heavy atom. The number of benzene rings is 1. The fourth-order valence-corrected chi connectivity index (χ4v) is 5.51. The molecule has 4 atom stereocenters. The monoisotopic (exact) mass is 466 g/mol. The minimum absolute atomic E-state index is 0.0351. The van der Waals surface area contributed by atoms with Gasteiger partial charge in [-0.05, 0) is 44.7 Å². The van der Waals surface area contributed by atoms with Crippen LogP contribution in [0.2, 0.25) is 0 Å². The van der Waals surface area contributed by atoms with Crippen molar-refractivity contribution in [2.45, 2.75) is 56.4 Å². The van der Waals surface area contributed by atoms with Crippen LogP contribution in [0.25, 0.3) is 22.0 Å². The van der Waals surface area contributed by atoms with Crippen molar-refractivity contribution in [2.75, 3.05) is 11.9 Å². The highest BCUT2D eigenvalue weighted by atomic mass is 32.1. The first-order valence-electron chi connectivity index (χ1n) is 10.8. The predicted molar refractivity (Wildman–Crippen MR) is 121 cm³/mol. The summed E-state index contributed by atoms with van der Waals surface area (Å²) in [6.45, 7) is 1.96. The average Bonchev–Trinajstić information content (AvgIpc) is 3.31. The van der Waals surface area contributed by atoms with Crippen molar-refractivity contribution in [1.82, 2.24) is 30.7 Å². The van der Waals surface area contributed by atoms with Crippen molar-refractivity contribution >= 4 is 17.2 Å². The number of phenols is 1. The van der Waals surface area contributed by atoms with Gasteiger partial charge >= 0.3 is 0 Å². The highest BCUT2D eigenvalue weighted by molar-refractivity contribution is 7.15. The van der Waals surface area contributed by atoms with Crippen LogP contribution in [0.3, 0.4) is 0 Å². The molecule has 2 saturated heterocycles. The van der Waals surface area contributed by atoms with Crippen molar-refractivity contribution in [3.8, 4) is 33.8 Å². The molecular weight excluding hydrogens is 443 g/mol. The lowest BCUT2D eigenvalue weighted by molar-refractivity contribution is 0.0405. The Hall–Kier alpha value is -3.23. The summed E-state index contributed by atoms with van der Waals surface area (Å²) >= 11 is 1.14. The lowest BCUT2D eigenvalue weighted by atomic mass is 9.73. The summed E-state index contributed by atoms with van der Waals surface area (Å²) in [4.78, 5) is 6.21. The van der Waals surface area contributed by atoms with Crippen LogP contribution in [0, 0.1) is 11.3 Å². The van der Waals surface area contributed by atoms with Gasteiger partial charge in [0.1, 0.15) is 23.0 Å².